The van der Waals surface area contributed by atoms with Crippen molar-refractivity contribution in [2.75, 3.05) is 5.75 Å². The summed E-state index contributed by atoms with van der Waals surface area (Å²) < 4.78 is 10.3. The Morgan fingerprint density at radius 2 is 2.12 bits per heavy atom. The van der Waals surface area contributed by atoms with Crippen molar-refractivity contribution in [3.05, 3.63) is 51.9 Å². The molecule has 5 nitrogen and oxygen atoms in total. The Kier molecular flexibility index (Phi) is 5.90. The second kappa shape index (κ2) is 8.32. The third-order valence-corrected chi connectivity index (χ3v) is 4.94. The first-order chi connectivity index (χ1) is 11.7. The molecule has 3 aromatic rings. The number of thiophene rings is 1. The van der Waals surface area contributed by atoms with Gasteiger partial charge in [0.25, 0.3) is 5.89 Å². The maximum Gasteiger partial charge on any atom is 0.307 e. The molecule has 0 amide bonds. The fourth-order valence-electron chi connectivity index (χ4n) is 1.82. The van der Waals surface area contributed by atoms with Gasteiger partial charge in [-0.3, -0.25) is 4.79 Å². The summed E-state index contributed by atoms with van der Waals surface area (Å²) in [7, 11) is 0. The number of carbonyl (C=O) groups is 1. The molecule has 0 fully saturated rings. The molecule has 0 unspecified atom stereocenters. The largest absolute Gasteiger partial charge is 0.457 e. The molecule has 0 aliphatic rings. The predicted molar refractivity (Wildman–Crippen MR) is 94.2 cm³/mol. The van der Waals surface area contributed by atoms with Gasteiger partial charge in [-0.2, -0.15) is 16.3 Å². The van der Waals surface area contributed by atoms with Gasteiger partial charge in [0.15, 0.2) is 6.61 Å². The van der Waals surface area contributed by atoms with Gasteiger partial charge in [0.2, 0.25) is 5.82 Å². The van der Waals surface area contributed by atoms with Gasteiger partial charge in [-0.05, 0) is 35.7 Å². The van der Waals surface area contributed by atoms with Crippen LogP contribution < -0.4 is 0 Å². The van der Waals surface area contributed by atoms with E-state index in [2.05, 4.69) is 10.1 Å². The maximum absolute atomic E-state index is 11.8. The van der Waals surface area contributed by atoms with E-state index in [1.807, 2.05) is 41.1 Å². The van der Waals surface area contributed by atoms with E-state index in [1.54, 1.807) is 23.1 Å². The zero-order chi connectivity index (χ0) is 16.8. The van der Waals surface area contributed by atoms with Crippen LogP contribution in [0, 0.1) is 0 Å². The molecule has 2 heterocycles. The molecule has 0 radical (unpaired) electrons. The zero-order valence-electron chi connectivity index (χ0n) is 12.5. The van der Waals surface area contributed by atoms with E-state index in [4.69, 9.17) is 20.9 Å². The Morgan fingerprint density at radius 3 is 2.88 bits per heavy atom. The Bertz CT molecular complexity index is 788. The first-order valence-corrected chi connectivity index (χ1v) is 9.40. The molecule has 2 aromatic heterocycles. The van der Waals surface area contributed by atoms with Crippen molar-refractivity contribution in [1.82, 2.24) is 10.1 Å². The van der Waals surface area contributed by atoms with Gasteiger partial charge in [-0.15, -0.1) is 11.8 Å². The summed E-state index contributed by atoms with van der Waals surface area (Å²) in [4.78, 5) is 17.0. The normalized spacial score (nSPS) is 10.7. The fraction of sp³-hybridized carbons (Fsp3) is 0.188. The zero-order valence-corrected chi connectivity index (χ0v) is 14.9. The van der Waals surface area contributed by atoms with Gasteiger partial charge in [0.1, 0.15) is 0 Å². The number of rotatable bonds is 7. The minimum absolute atomic E-state index is 0.0120. The van der Waals surface area contributed by atoms with Crippen LogP contribution in [0.15, 0.2) is 50.5 Å². The lowest BCUT2D eigenvalue weighted by Gasteiger charge is -2.02. The highest BCUT2D eigenvalue weighted by Gasteiger charge is 2.11. The summed E-state index contributed by atoms with van der Waals surface area (Å²) in [5, 5.41) is 8.34. The van der Waals surface area contributed by atoms with Gasteiger partial charge in [-0.1, -0.05) is 16.8 Å². The van der Waals surface area contributed by atoms with Gasteiger partial charge < -0.3 is 9.26 Å². The van der Waals surface area contributed by atoms with Crippen LogP contribution in [0.25, 0.3) is 11.5 Å². The van der Waals surface area contributed by atoms with Crippen LogP contribution in [-0.2, 0) is 16.1 Å². The highest BCUT2D eigenvalue weighted by atomic mass is 35.5. The minimum atomic E-state index is -0.293. The lowest BCUT2D eigenvalue weighted by molar-refractivity contribution is -0.144. The quantitative estimate of drug-likeness (QED) is 0.438. The molecular formula is C16H13ClN2O3S2. The summed E-state index contributed by atoms with van der Waals surface area (Å²) in [5.74, 6) is 1.13. The van der Waals surface area contributed by atoms with E-state index >= 15 is 0 Å². The molecule has 0 saturated carbocycles. The number of ether oxygens (including phenoxy) is 1. The Balaban J connectivity index is 1.40. The van der Waals surface area contributed by atoms with Crippen LogP contribution in [0.5, 0.6) is 0 Å². The van der Waals surface area contributed by atoms with Crippen molar-refractivity contribution in [1.29, 1.82) is 0 Å². The Labute approximate surface area is 152 Å². The average Bonchev–Trinajstić information content (AvgIpc) is 3.26. The van der Waals surface area contributed by atoms with E-state index in [9.17, 15) is 4.79 Å². The number of esters is 1. The number of halogens is 1. The summed E-state index contributed by atoms with van der Waals surface area (Å²) in [6.07, 6.45) is 0.308. The molecule has 0 atom stereocenters. The highest BCUT2D eigenvalue weighted by Crippen LogP contribution is 2.22. The lowest BCUT2D eigenvalue weighted by atomic mass is 10.3. The van der Waals surface area contributed by atoms with Crippen LogP contribution in [0.4, 0.5) is 0 Å². The number of aromatic nitrogens is 2. The topological polar surface area (TPSA) is 65.2 Å². The van der Waals surface area contributed by atoms with Gasteiger partial charge >= 0.3 is 5.97 Å². The molecule has 0 bridgehead atoms. The SMILES string of the molecule is O=C(CCSc1ccc(Cl)cc1)OCc1noc(-c2ccsc2)n1. The lowest BCUT2D eigenvalue weighted by Crippen LogP contribution is -2.06. The molecule has 3 rings (SSSR count). The predicted octanol–water partition coefficient (Wildman–Crippen LogP) is 4.68. The van der Waals surface area contributed by atoms with Crippen LogP contribution in [0.2, 0.25) is 5.02 Å². The van der Waals surface area contributed by atoms with Crippen LogP contribution >= 0.6 is 34.7 Å². The van der Waals surface area contributed by atoms with Crippen molar-refractivity contribution in [3.63, 3.8) is 0 Å². The number of carbonyl (C=O) groups excluding carboxylic acids is 1. The smallest absolute Gasteiger partial charge is 0.307 e. The van der Waals surface area contributed by atoms with E-state index in [0.29, 0.717) is 28.9 Å². The molecular weight excluding hydrogens is 368 g/mol. The van der Waals surface area contributed by atoms with Crippen molar-refractivity contribution in [2.24, 2.45) is 0 Å². The van der Waals surface area contributed by atoms with Crippen molar-refractivity contribution < 1.29 is 14.1 Å². The van der Waals surface area contributed by atoms with Gasteiger partial charge in [-0.25, -0.2) is 0 Å². The number of thioether (sulfide) groups is 1. The van der Waals surface area contributed by atoms with Crippen molar-refractivity contribution >= 4 is 40.7 Å². The summed E-state index contributed by atoms with van der Waals surface area (Å²) in [6.45, 7) is 0.0120. The molecule has 24 heavy (non-hydrogen) atoms. The van der Waals surface area contributed by atoms with E-state index < -0.39 is 0 Å². The summed E-state index contributed by atoms with van der Waals surface area (Å²) in [5.41, 5.74) is 0.865. The van der Waals surface area contributed by atoms with Crippen LogP contribution in [-0.4, -0.2) is 21.9 Å². The monoisotopic (exact) mass is 380 g/mol. The third kappa shape index (κ3) is 4.83. The maximum atomic E-state index is 11.8. The Morgan fingerprint density at radius 1 is 1.29 bits per heavy atom. The van der Waals surface area contributed by atoms with Crippen molar-refractivity contribution in [2.45, 2.75) is 17.9 Å². The number of hydrogen-bond donors (Lipinski definition) is 0. The minimum Gasteiger partial charge on any atom is -0.457 e. The molecule has 124 valence electrons. The molecule has 0 saturated heterocycles. The van der Waals surface area contributed by atoms with Gasteiger partial charge in [0.05, 0.1) is 12.0 Å². The van der Waals surface area contributed by atoms with E-state index in [-0.39, 0.29) is 12.6 Å². The molecule has 1 aromatic carbocycles. The molecule has 0 N–H and O–H groups in total. The standard InChI is InChI=1S/C16H13ClN2O3S2/c17-12-1-3-13(4-2-12)24-8-6-15(20)21-9-14-18-16(22-19-14)11-5-7-23-10-11/h1-5,7,10H,6,8-9H2. The van der Waals surface area contributed by atoms with Crippen molar-refractivity contribution in [3.8, 4) is 11.5 Å². The molecule has 8 heteroatoms. The summed E-state index contributed by atoms with van der Waals surface area (Å²) in [6, 6.07) is 9.38. The van der Waals surface area contributed by atoms with Crippen LogP contribution in [0.3, 0.4) is 0 Å². The number of nitrogens with zero attached hydrogens (tertiary/aromatic N) is 2. The number of benzene rings is 1. The average molecular weight is 381 g/mol. The second-order valence-corrected chi connectivity index (χ2v) is 7.13. The van der Waals surface area contributed by atoms with E-state index in [0.717, 1.165) is 10.5 Å². The first kappa shape index (κ1) is 17.0. The fourth-order valence-corrected chi connectivity index (χ4v) is 3.40. The molecule has 0 aliphatic carbocycles. The summed E-state index contributed by atoms with van der Waals surface area (Å²) >= 11 is 8.95. The van der Waals surface area contributed by atoms with Gasteiger partial charge in [0, 0.05) is 21.1 Å². The second-order valence-electron chi connectivity index (χ2n) is 4.74. The Hall–Kier alpha value is -1.83. The first-order valence-electron chi connectivity index (χ1n) is 7.10. The van der Waals surface area contributed by atoms with E-state index in [1.165, 1.54) is 0 Å². The highest BCUT2D eigenvalue weighted by molar-refractivity contribution is 7.99. The molecule has 0 spiro atoms. The van der Waals surface area contributed by atoms with Crippen LogP contribution in [0.1, 0.15) is 12.2 Å². The third-order valence-electron chi connectivity index (χ3n) is 2.99. The number of hydrogen-bond acceptors (Lipinski definition) is 7. The molecule has 0 aliphatic heterocycles.